The second-order valence-electron chi connectivity index (χ2n) is 36.8. The maximum Gasteiger partial charge on any atom is 0.305 e. The number of carbonyl (C=O) groups is 22. The highest BCUT2D eigenvalue weighted by Crippen LogP contribution is 2.28. The minimum absolute atomic E-state index is 0.0601. The largest absolute Gasteiger partial charge is 0.481 e. The maximum atomic E-state index is 15.1. The zero-order valence-corrected chi connectivity index (χ0v) is 82.3. The Labute approximate surface area is 847 Å². The van der Waals surface area contributed by atoms with Crippen LogP contribution in [0.25, 0.3) is 0 Å². The summed E-state index contributed by atoms with van der Waals surface area (Å²) < 4.78 is 0. The first-order valence-corrected chi connectivity index (χ1v) is 48.7. The smallest absolute Gasteiger partial charge is 0.305 e. The lowest BCUT2D eigenvalue weighted by Gasteiger charge is -2.33. The molecule has 8 rings (SSSR count). The molecule has 0 spiro atoms. The fourth-order valence-corrected chi connectivity index (χ4v) is 17.3. The van der Waals surface area contributed by atoms with Crippen LogP contribution in [0.4, 0.5) is 0 Å². The van der Waals surface area contributed by atoms with E-state index in [4.69, 9.17) is 34.4 Å². The monoisotopic (exact) mass is 2050 g/mol. The first-order chi connectivity index (χ1) is 70.1. The summed E-state index contributed by atoms with van der Waals surface area (Å²) in [7, 11) is 0. The minimum atomic E-state index is -2.22. The van der Waals surface area contributed by atoms with Gasteiger partial charge in [-0.3, -0.25) is 105 Å². The van der Waals surface area contributed by atoms with Gasteiger partial charge in [-0.15, -0.1) is 0 Å². The third-order valence-electron chi connectivity index (χ3n) is 24.9. The van der Waals surface area contributed by atoms with E-state index >= 15 is 9.59 Å². The summed E-state index contributed by atoms with van der Waals surface area (Å²) in [5, 5.41) is 55.8. The SMILES string of the molecule is CC(=O)N[C@@H](CCCCN)C(=O)N1CCC[C@H]1C(=O)N1CCC[C@H]1C(=O)N[C@@H](CO)C(=O)N[C@@H](CCCCN)C(=O)N1CCC[C@H]1C(=O)N[C@@H](CC(N)=O)C(=O)N[C@@H](CC(N)=O)C(=O)N[C@@H](CC(=O)O)C(=O)N[C@@H](Cc1ccccc1)C(=O)N[C@@H](Cc1cnc[nH]1)C(=O)N[C@@H](Cc1ccccc1)C(=O)N[C@@H](C)C(=O)N[C@H](C(=O)N[C@@H](Cc1ccccc1)C(=O)N[C@@H](CC(N)=O)C(=O)N[C@@H](Cc1ccccc1)C(N)=O)C(C)C. The third kappa shape index (κ3) is 36.8. The molecule has 3 aliphatic heterocycles. The van der Waals surface area contributed by atoms with Gasteiger partial charge in [0.15, 0.2) is 0 Å². The summed E-state index contributed by atoms with van der Waals surface area (Å²) in [6.07, 6.45) is 0.0255. The van der Waals surface area contributed by atoms with Gasteiger partial charge in [-0.2, -0.15) is 0 Å². The Hall–Kier alpha value is -15.7. The minimum Gasteiger partial charge on any atom is -0.481 e. The van der Waals surface area contributed by atoms with Crippen molar-refractivity contribution in [1.82, 2.24) is 99.1 Å². The molecule has 0 saturated carbocycles. The Morgan fingerprint density at radius 2 is 0.694 bits per heavy atom. The summed E-state index contributed by atoms with van der Waals surface area (Å²) in [5.74, 6) is -23.6. The molecule has 0 unspecified atom stereocenters. The van der Waals surface area contributed by atoms with Gasteiger partial charge in [0.25, 0.3) is 0 Å². The lowest BCUT2D eigenvalue weighted by atomic mass is 10.00. The molecule has 796 valence electrons. The standard InChI is InChI=1S/C98H135N25O24/c1-54(2)81(95(144)118-67(45-60-30-15-8-16-31-60)86(135)114-69(47-77(101)126)88(137)110-64(82(104)131)42-57-24-9-5-10-25-57)120-83(132)55(3)107-84(133)65(43-58-26-11-6-12-27-58)111-87(136)68(46-61-51-105-53-106-61)113-85(134)66(44-59-28-13-7-14-29-59)112-91(140)72(50-80(129)130)116-89(138)70(48-78(102)127)115-90(139)71(49-79(103)128)117-93(142)74-34-21-39-121(74)97(146)63(33-18-20-38-100)109-92(141)73(52-124)119-94(143)75-35-22-40-122(75)98(147)76-36-23-41-123(76)96(145)62(108-56(4)125)32-17-19-37-99/h5-16,24-31,51,53-55,62-76,81,124H,17-23,32-50,52,99-100H2,1-4H3,(H2,101,126)(H2,102,127)(H2,103,128)(H2,104,131)(H,105,106)(H,107,133)(H,108,125)(H,109,141)(H,110,137)(H,111,136)(H,112,140)(H,113,134)(H,114,135)(H,115,139)(H,116,138)(H,117,142)(H,118,144)(H,119,143)(H,120,132)(H,129,130)/t55-,62-,63-,64-,65-,66-,67-,68-,69-,70-,71-,72-,73-,74-,75-,76-,81-/m0/s1. The predicted molar refractivity (Wildman–Crippen MR) is 526 cm³/mol. The number of aromatic nitrogens is 2. The fourth-order valence-electron chi connectivity index (χ4n) is 17.3. The number of benzene rings is 4. The molecule has 49 nitrogen and oxygen atoms in total. The number of rotatable bonds is 59. The number of imidazole rings is 1. The molecule has 0 aliphatic carbocycles. The molecule has 0 bridgehead atoms. The van der Waals surface area contributed by atoms with Crippen molar-refractivity contribution in [2.45, 2.75) is 265 Å². The highest BCUT2D eigenvalue weighted by molar-refractivity contribution is 6.04. The van der Waals surface area contributed by atoms with Gasteiger partial charge in [0.1, 0.15) is 103 Å². The molecule has 21 amide bonds. The average Bonchev–Trinajstić information content (AvgIpc) is 1.67. The van der Waals surface area contributed by atoms with Crippen LogP contribution in [0.5, 0.6) is 0 Å². The number of carbonyl (C=O) groups excluding carboxylic acids is 21. The van der Waals surface area contributed by atoms with Crippen molar-refractivity contribution in [3.63, 3.8) is 0 Å². The maximum absolute atomic E-state index is 15.1. The van der Waals surface area contributed by atoms with E-state index in [1.807, 2.05) is 0 Å². The van der Waals surface area contributed by atoms with E-state index in [-0.39, 0.29) is 96.1 Å². The van der Waals surface area contributed by atoms with Gasteiger partial charge in [0.05, 0.1) is 38.6 Å². The number of aromatic amines is 1. The number of carboxylic acid groups (broad SMARTS) is 1. The molecular formula is C98H135N25O24. The predicted octanol–water partition coefficient (Wildman–Crippen LogP) is -6.78. The molecule has 3 fully saturated rings. The van der Waals surface area contributed by atoms with Crippen LogP contribution >= 0.6 is 0 Å². The number of hydrogen-bond donors (Lipinski definition) is 23. The number of nitrogens with one attached hydrogen (secondary N) is 15. The molecule has 4 heterocycles. The second kappa shape index (κ2) is 58.3. The van der Waals surface area contributed by atoms with Crippen molar-refractivity contribution < 1.29 is 116 Å². The molecule has 29 N–H and O–H groups in total. The van der Waals surface area contributed by atoms with Crippen LogP contribution in [0, 0.1) is 5.92 Å². The number of likely N-dealkylation sites (tertiary alicyclic amines) is 3. The summed E-state index contributed by atoms with van der Waals surface area (Å²) in [4.78, 5) is 318. The molecule has 3 aliphatic rings. The Morgan fingerprint density at radius 1 is 0.367 bits per heavy atom. The number of H-pyrrole nitrogens is 1. The summed E-state index contributed by atoms with van der Waals surface area (Å²) in [5.41, 5.74) is 36.1. The first-order valence-electron chi connectivity index (χ1n) is 48.7. The molecule has 147 heavy (non-hydrogen) atoms. The number of primary amides is 4. The van der Waals surface area contributed by atoms with Crippen LogP contribution in [0.1, 0.15) is 158 Å². The van der Waals surface area contributed by atoms with Crippen molar-refractivity contribution in [3.8, 4) is 0 Å². The molecule has 5 aromatic rings. The van der Waals surface area contributed by atoms with Crippen molar-refractivity contribution in [2.75, 3.05) is 39.3 Å². The topological polar surface area (TPSA) is 779 Å². The Morgan fingerprint density at radius 3 is 1.07 bits per heavy atom. The summed E-state index contributed by atoms with van der Waals surface area (Å²) in [6, 6.07) is 6.02. The van der Waals surface area contributed by atoms with E-state index in [0.717, 1.165) is 4.90 Å². The van der Waals surface area contributed by atoms with Gasteiger partial charge in [0.2, 0.25) is 124 Å². The number of aliphatic hydroxyl groups excluding tert-OH is 1. The highest BCUT2D eigenvalue weighted by atomic mass is 16.4. The van der Waals surface area contributed by atoms with E-state index in [1.165, 1.54) is 36.2 Å². The highest BCUT2D eigenvalue weighted by Gasteiger charge is 2.47. The van der Waals surface area contributed by atoms with Crippen LogP contribution in [-0.4, -0.2) is 307 Å². The van der Waals surface area contributed by atoms with E-state index in [2.05, 4.69) is 84.4 Å². The molecule has 0 radical (unpaired) electrons. The molecule has 4 aromatic carbocycles. The van der Waals surface area contributed by atoms with Gasteiger partial charge in [-0.25, -0.2) is 4.98 Å². The lowest BCUT2D eigenvalue weighted by molar-refractivity contribution is -0.148. The van der Waals surface area contributed by atoms with Crippen LogP contribution < -0.4 is 109 Å². The second-order valence-corrected chi connectivity index (χ2v) is 36.8. The first kappa shape index (κ1) is 117. The van der Waals surface area contributed by atoms with Gasteiger partial charge in [0, 0.05) is 70.6 Å². The molecular weight excluding hydrogens is 1910 g/mol. The van der Waals surface area contributed by atoms with Gasteiger partial charge >= 0.3 is 5.97 Å². The van der Waals surface area contributed by atoms with Crippen LogP contribution in [0.3, 0.4) is 0 Å². The van der Waals surface area contributed by atoms with E-state index < -0.39 is 284 Å². The number of aliphatic carboxylic acids is 1. The summed E-state index contributed by atoms with van der Waals surface area (Å²) in [6.45, 7) is 5.31. The Balaban J connectivity index is 0.946. The van der Waals surface area contributed by atoms with Gasteiger partial charge in [-0.05, 0) is 125 Å². The van der Waals surface area contributed by atoms with Crippen molar-refractivity contribution in [2.24, 2.45) is 40.3 Å². The number of aliphatic hydroxyl groups is 1. The molecule has 1 aromatic heterocycles. The Bertz CT molecular complexity index is 5420. The number of nitrogens with two attached hydrogens (primary N) is 6. The van der Waals surface area contributed by atoms with Crippen molar-refractivity contribution >= 4 is 130 Å². The lowest BCUT2D eigenvalue weighted by Crippen LogP contribution is -2.62. The van der Waals surface area contributed by atoms with Crippen molar-refractivity contribution in [3.05, 3.63) is 162 Å². The third-order valence-corrected chi connectivity index (χ3v) is 24.9. The fraction of sp³-hybridized carbons (Fsp3) is 0.500. The number of amides is 21. The van der Waals surface area contributed by atoms with Gasteiger partial charge in [-0.1, -0.05) is 135 Å². The number of hydrogen-bond acceptors (Lipinski definition) is 26. The summed E-state index contributed by atoms with van der Waals surface area (Å²) >= 11 is 0. The molecule has 49 heteroatoms. The normalized spacial score (nSPS) is 17.1. The van der Waals surface area contributed by atoms with Gasteiger partial charge < -0.3 is 139 Å². The van der Waals surface area contributed by atoms with E-state index in [0.29, 0.717) is 60.9 Å². The van der Waals surface area contributed by atoms with Crippen molar-refractivity contribution in [1.29, 1.82) is 0 Å². The van der Waals surface area contributed by atoms with Crippen LogP contribution in [-0.2, 0) is 138 Å². The number of nitrogens with zero attached hydrogens (tertiary/aromatic N) is 4. The zero-order chi connectivity index (χ0) is 108. The van der Waals surface area contributed by atoms with Crippen LogP contribution in [0.2, 0.25) is 0 Å². The molecule has 17 atom stereocenters. The zero-order valence-electron chi connectivity index (χ0n) is 82.3. The van der Waals surface area contributed by atoms with Crippen LogP contribution in [0.15, 0.2) is 134 Å². The number of carboxylic acids is 1. The van der Waals surface area contributed by atoms with E-state index in [1.54, 1.807) is 135 Å². The quantitative estimate of drug-likeness (QED) is 0.0161. The number of unbranched alkanes of at least 4 members (excludes halogenated alkanes) is 2. The van der Waals surface area contributed by atoms with E-state index in [9.17, 15) is 106 Å². The average molecular weight is 2050 g/mol. The molecule has 3 saturated heterocycles. The Kier molecular flexibility index (Phi) is 46.2.